The van der Waals surface area contributed by atoms with Gasteiger partial charge in [0.2, 0.25) is 10.0 Å². The van der Waals surface area contributed by atoms with E-state index in [4.69, 9.17) is 22.1 Å². The van der Waals surface area contributed by atoms with Crippen molar-refractivity contribution in [3.05, 3.63) is 65.8 Å². The molecule has 1 aromatic carbocycles. The number of imidazole rings is 1. The number of aromatic nitrogens is 3. The molecule has 3 aromatic rings. The Kier molecular flexibility index (Phi) is 7.30. The zero-order valence-corrected chi connectivity index (χ0v) is 18.2. The minimum absolute atomic E-state index is 0.0860. The van der Waals surface area contributed by atoms with E-state index in [9.17, 15) is 8.42 Å². The molecule has 3 rings (SSSR count). The number of nitrogens with two attached hydrogens (primary N) is 1. The van der Waals surface area contributed by atoms with Gasteiger partial charge in [0, 0.05) is 43.8 Å². The summed E-state index contributed by atoms with van der Waals surface area (Å²) in [6.45, 7) is 3.40. The van der Waals surface area contributed by atoms with E-state index in [0.29, 0.717) is 25.3 Å². The molecule has 0 radical (unpaired) electrons. The number of hydrogen-bond donors (Lipinski definition) is 1. The maximum absolute atomic E-state index is 13.5. The van der Waals surface area contributed by atoms with Crippen LogP contribution in [-0.2, 0) is 23.1 Å². The lowest BCUT2D eigenvalue weighted by Gasteiger charge is -2.24. The molecule has 160 valence electrons. The van der Waals surface area contributed by atoms with E-state index in [1.807, 2.05) is 42.0 Å². The molecule has 0 amide bonds. The van der Waals surface area contributed by atoms with Gasteiger partial charge in [0.25, 0.3) is 0 Å². The lowest BCUT2D eigenvalue weighted by molar-refractivity contribution is 0.326. The van der Waals surface area contributed by atoms with Gasteiger partial charge in [-0.25, -0.2) is 18.4 Å². The summed E-state index contributed by atoms with van der Waals surface area (Å²) in [6.07, 6.45) is 7.12. The summed E-state index contributed by atoms with van der Waals surface area (Å²) in [6, 6.07) is 8.71. The Labute approximate surface area is 181 Å². The molecule has 0 aliphatic carbocycles. The van der Waals surface area contributed by atoms with E-state index in [1.165, 1.54) is 16.6 Å². The molecular formula is C20H24ClN5O3S. The minimum Gasteiger partial charge on any atom is -0.494 e. The number of rotatable bonds is 10. The van der Waals surface area contributed by atoms with Crippen molar-refractivity contribution in [1.29, 1.82) is 0 Å². The predicted molar refractivity (Wildman–Crippen MR) is 116 cm³/mol. The van der Waals surface area contributed by atoms with Gasteiger partial charge < -0.3 is 15.0 Å². The summed E-state index contributed by atoms with van der Waals surface area (Å²) in [5.74, 6) is 0.559. The van der Waals surface area contributed by atoms with Gasteiger partial charge in [-0.3, -0.25) is 0 Å². The second-order valence-electron chi connectivity index (χ2n) is 6.57. The second kappa shape index (κ2) is 9.92. The van der Waals surface area contributed by atoms with Crippen LogP contribution >= 0.6 is 11.6 Å². The number of hydrogen-bond acceptors (Lipinski definition) is 6. The molecule has 0 aliphatic rings. The van der Waals surface area contributed by atoms with Crippen molar-refractivity contribution in [1.82, 2.24) is 18.8 Å². The average molecular weight is 450 g/mol. The van der Waals surface area contributed by atoms with Crippen molar-refractivity contribution >= 4 is 27.4 Å². The van der Waals surface area contributed by atoms with Crippen LogP contribution in [0.4, 0.5) is 5.82 Å². The zero-order valence-electron chi connectivity index (χ0n) is 16.6. The van der Waals surface area contributed by atoms with Crippen LogP contribution in [0.5, 0.6) is 5.75 Å². The first-order chi connectivity index (χ1) is 14.4. The van der Waals surface area contributed by atoms with Crippen molar-refractivity contribution in [3.63, 3.8) is 0 Å². The molecule has 0 atom stereocenters. The van der Waals surface area contributed by atoms with Crippen molar-refractivity contribution in [2.24, 2.45) is 0 Å². The molecule has 2 N–H and O–H groups in total. The molecule has 8 nitrogen and oxygen atoms in total. The molecule has 10 heteroatoms. The van der Waals surface area contributed by atoms with E-state index in [1.54, 1.807) is 12.5 Å². The number of nitrogen functional groups attached to an aromatic ring is 1. The molecule has 30 heavy (non-hydrogen) atoms. The van der Waals surface area contributed by atoms with Crippen LogP contribution in [0.2, 0.25) is 5.02 Å². The van der Waals surface area contributed by atoms with E-state index in [0.717, 1.165) is 5.56 Å². The fourth-order valence-electron chi connectivity index (χ4n) is 3.03. The summed E-state index contributed by atoms with van der Waals surface area (Å²) < 4.78 is 35.9. The van der Waals surface area contributed by atoms with E-state index in [2.05, 4.69) is 9.97 Å². The molecule has 0 aliphatic heterocycles. The monoisotopic (exact) mass is 449 g/mol. The Morgan fingerprint density at radius 2 is 2.10 bits per heavy atom. The number of aryl methyl sites for hydroxylation is 1. The summed E-state index contributed by atoms with van der Waals surface area (Å²) in [5, 5.41) is 0.204. The lowest BCUT2D eigenvalue weighted by atomic mass is 10.2. The van der Waals surface area contributed by atoms with E-state index < -0.39 is 10.0 Å². The maximum Gasteiger partial charge on any atom is 0.247 e. The fraction of sp³-hybridized carbons (Fsp3) is 0.300. The SMILES string of the molecule is CCOc1ccccc1CN(CCCn1ccnc1)S(=O)(=O)c1cc(Cl)cnc1N. The molecule has 0 saturated heterocycles. The normalized spacial score (nSPS) is 11.7. The van der Waals surface area contributed by atoms with Gasteiger partial charge in [0.1, 0.15) is 16.5 Å². The number of ether oxygens (including phenoxy) is 1. The van der Waals surface area contributed by atoms with Crippen LogP contribution in [0, 0.1) is 0 Å². The van der Waals surface area contributed by atoms with Crippen LogP contribution in [0.25, 0.3) is 0 Å². The predicted octanol–water partition coefficient (Wildman–Crippen LogP) is 3.19. The number of pyridine rings is 1. The Balaban J connectivity index is 1.91. The Bertz CT molecular complexity index is 1070. The number of sulfonamides is 1. The highest BCUT2D eigenvalue weighted by Gasteiger charge is 2.28. The summed E-state index contributed by atoms with van der Waals surface area (Å²) in [5.41, 5.74) is 6.64. The van der Waals surface area contributed by atoms with Crippen LogP contribution in [0.3, 0.4) is 0 Å². The number of nitrogens with zero attached hydrogens (tertiary/aromatic N) is 4. The molecule has 0 fully saturated rings. The number of benzene rings is 1. The summed E-state index contributed by atoms with van der Waals surface area (Å²) >= 11 is 5.99. The maximum atomic E-state index is 13.5. The molecule has 0 bridgehead atoms. The molecule has 2 heterocycles. The first-order valence-corrected chi connectivity index (χ1v) is 11.3. The van der Waals surface area contributed by atoms with Gasteiger partial charge in [-0.15, -0.1) is 0 Å². The number of halogens is 1. The van der Waals surface area contributed by atoms with Crippen molar-refractivity contribution in [3.8, 4) is 5.75 Å². The van der Waals surface area contributed by atoms with Gasteiger partial charge in [0.15, 0.2) is 0 Å². The Morgan fingerprint density at radius 3 is 2.83 bits per heavy atom. The summed E-state index contributed by atoms with van der Waals surface area (Å²) in [7, 11) is -3.94. The molecular weight excluding hydrogens is 426 g/mol. The standard InChI is InChI=1S/C20H24ClN5O3S/c1-2-29-18-7-4-3-6-16(18)14-26(10-5-9-25-11-8-23-15-25)30(27,28)19-12-17(21)13-24-20(19)22/h3-4,6-8,11-13,15H,2,5,9-10,14H2,1H3,(H2,22,24). The zero-order chi connectivity index (χ0) is 21.6. The third-order valence-corrected chi connectivity index (χ3v) is 6.55. The Morgan fingerprint density at radius 1 is 1.30 bits per heavy atom. The topological polar surface area (TPSA) is 103 Å². The van der Waals surface area contributed by atoms with Gasteiger partial charge >= 0.3 is 0 Å². The van der Waals surface area contributed by atoms with Gasteiger partial charge in [-0.05, 0) is 25.5 Å². The highest BCUT2D eigenvalue weighted by molar-refractivity contribution is 7.89. The number of para-hydroxylation sites is 1. The van der Waals surface area contributed by atoms with Gasteiger partial charge in [-0.1, -0.05) is 29.8 Å². The quantitative estimate of drug-likeness (QED) is 0.509. The Hall–Kier alpha value is -2.62. The van der Waals surface area contributed by atoms with E-state index >= 15 is 0 Å². The fourth-order valence-corrected chi connectivity index (χ4v) is 4.80. The molecule has 2 aromatic heterocycles. The van der Waals surface area contributed by atoms with Gasteiger partial charge in [0.05, 0.1) is 18.0 Å². The second-order valence-corrected chi connectivity index (χ2v) is 8.91. The number of anilines is 1. The third-order valence-electron chi connectivity index (χ3n) is 4.47. The van der Waals surface area contributed by atoms with Crippen molar-refractivity contribution < 1.29 is 13.2 Å². The highest BCUT2D eigenvalue weighted by atomic mass is 35.5. The average Bonchev–Trinajstić information content (AvgIpc) is 3.24. The minimum atomic E-state index is -3.94. The van der Waals surface area contributed by atoms with Crippen LogP contribution in [-0.4, -0.2) is 40.4 Å². The smallest absolute Gasteiger partial charge is 0.247 e. The molecule has 0 spiro atoms. The highest BCUT2D eigenvalue weighted by Crippen LogP contribution is 2.27. The first kappa shape index (κ1) is 22.1. The molecule has 0 unspecified atom stereocenters. The summed E-state index contributed by atoms with van der Waals surface area (Å²) in [4.78, 5) is 7.81. The first-order valence-electron chi connectivity index (χ1n) is 9.49. The third kappa shape index (κ3) is 5.29. The van der Waals surface area contributed by atoms with Gasteiger partial charge in [-0.2, -0.15) is 4.31 Å². The molecule has 0 saturated carbocycles. The van der Waals surface area contributed by atoms with Crippen LogP contribution in [0.15, 0.2) is 60.1 Å². The lowest BCUT2D eigenvalue weighted by Crippen LogP contribution is -2.33. The van der Waals surface area contributed by atoms with Crippen LogP contribution < -0.4 is 10.5 Å². The van der Waals surface area contributed by atoms with Crippen molar-refractivity contribution in [2.75, 3.05) is 18.9 Å². The van der Waals surface area contributed by atoms with Crippen molar-refractivity contribution in [2.45, 2.75) is 31.3 Å². The van der Waals surface area contributed by atoms with Crippen LogP contribution in [0.1, 0.15) is 18.9 Å². The largest absolute Gasteiger partial charge is 0.494 e. The van der Waals surface area contributed by atoms with E-state index in [-0.39, 0.29) is 28.8 Å².